The molecule has 2 N–H and O–H groups in total. The predicted octanol–water partition coefficient (Wildman–Crippen LogP) is 1.43. The summed E-state index contributed by atoms with van der Waals surface area (Å²) in [6.45, 7) is -0.687. The van der Waals surface area contributed by atoms with E-state index in [0.29, 0.717) is 0 Å². The van der Waals surface area contributed by atoms with Crippen molar-refractivity contribution < 1.29 is 32.6 Å². The number of rotatable bonds is 5. The minimum atomic E-state index is -5.05. The van der Waals surface area contributed by atoms with Gasteiger partial charge in [-0.05, 0) is 18.2 Å². The van der Waals surface area contributed by atoms with Gasteiger partial charge in [0.25, 0.3) is 11.8 Å². The van der Waals surface area contributed by atoms with Crippen molar-refractivity contribution in [2.75, 3.05) is 20.3 Å². The minimum Gasteiger partial charge on any atom is -0.383 e. The molecule has 2 amide bonds. The van der Waals surface area contributed by atoms with Crippen LogP contribution in [0.4, 0.5) is 13.2 Å². The monoisotopic (exact) mass is 358 g/mol. The predicted molar refractivity (Wildman–Crippen MR) is 81.2 cm³/mol. The Balaban J connectivity index is 2.26. The van der Waals surface area contributed by atoms with Crippen molar-refractivity contribution in [2.45, 2.75) is 18.3 Å². The molecule has 1 aromatic carbocycles. The zero-order valence-corrected chi connectivity index (χ0v) is 13.3. The Morgan fingerprint density at radius 2 is 2.00 bits per heavy atom. The van der Waals surface area contributed by atoms with Gasteiger partial charge < -0.3 is 15.2 Å². The number of benzene rings is 1. The van der Waals surface area contributed by atoms with Crippen molar-refractivity contribution >= 4 is 11.8 Å². The van der Waals surface area contributed by atoms with Gasteiger partial charge in [-0.2, -0.15) is 13.2 Å². The number of hydrogen-bond donors (Lipinski definition) is 2. The van der Waals surface area contributed by atoms with Crippen LogP contribution in [0.5, 0.6) is 0 Å². The van der Waals surface area contributed by atoms with Crippen LogP contribution in [-0.4, -0.2) is 54.0 Å². The van der Waals surface area contributed by atoms with Gasteiger partial charge >= 0.3 is 6.18 Å². The van der Waals surface area contributed by atoms with E-state index >= 15 is 0 Å². The van der Waals surface area contributed by atoms with E-state index in [2.05, 4.69) is 5.32 Å². The molecule has 0 spiro atoms. The van der Waals surface area contributed by atoms with Gasteiger partial charge in [0.15, 0.2) is 0 Å². The van der Waals surface area contributed by atoms with Crippen LogP contribution in [0.15, 0.2) is 42.1 Å². The topological polar surface area (TPSA) is 78.9 Å². The van der Waals surface area contributed by atoms with Crippen LogP contribution in [0.2, 0.25) is 0 Å². The van der Waals surface area contributed by atoms with Crippen molar-refractivity contribution in [3.63, 3.8) is 0 Å². The summed E-state index contributed by atoms with van der Waals surface area (Å²) < 4.78 is 44.4. The first-order valence-corrected chi connectivity index (χ1v) is 7.37. The lowest BCUT2D eigenvalue weighted by Gasteiger charge is -2.42. The third-order valence-electron chi connectivity index (χ3n) is 3.77. The molecule has 1 atom stereocenters. The van der Waals surface area contributed by atoms with Crippen LogP contribution in [0.3, 0.4) is 0 Å². The molecule has 6 nitrogen and oxygen atoms in total. The number of alkyl halides is 3. The number of amides is 2. The van der Waals surface area contributed by atoms with Crippen LogP contribution in [0.25, 0.3) is 0 Å². The molecule has 136 valence electrons. The van der Waals surface area contributed by atoms with Gasteiger partial charge in [0.1, 0.15) is 5.70 Å². The lowest BCUT2D eigenvalue weighted by molar-refractivity contribution is -0.310. The number of hydrogen-bond acceptors (Lipinski definition) is 4. The maximum Gasteiger partial charge on any atom is 0.437 e. The summed E-state index contributed by atoms with van der Waals surface area (Å²) in [7, 11) is 1.26. The van der Waals surface area contributed by atoms with E-state index in [1.165, 1.54) is 19.2 Å². The van der Waals surface area contributed by atoms with Crippen LogP contribution in [-0.2, 0) is 9.53 Å². The Labute approximate surface area is 141 Å². The molecule has 1 aliphatic rings. The maximum absolute atomic E-state index is 13.2. The number of carbonyl (C=O) groups is 2. The second-order valence-corrected chi connectivity index (χ2v) is 5.41. The van der Waals surface area contributed by atoms with Crippen LogP contribution >= 0.6 is 0 Å². The molecule has 2 rings (SSSR count). The number of halogens is 3. The molecule has 9 heteroatoms. The molecule has 0 radical (unpaired) electrons. The zero-order chi connectivity index (χ0) is 18.7. The first-order valence-electron chi connectivity index (χ1n) is 7.37. The maximum atomic E-state index is 13.2. The van der Waals surface area contributed by atoms with Gasteiger partial charge in [-0.3, -0.25) is 14.5 Å². The summed E-state index contributed by atoms with van der Waals surface area (Å²) in [5.74, 6) is -1.77. The fourth-order valence-electron chi connectivity index (χ4n) is 2.38. The average Bonchev–Trinajstić information content (AvgIpc) is 2.57. The molecule has 0 fully saturated rings. The number of ether oxygens (including phenoxy) is 1. The Morgan fingerprint density at radius 1 is 1.36 bits per heavy atom. The fraction of sp³-hybridized carbons (Fsp3) is 0.375. The highest BCUT2D eigenvalue weighted by molar-refractivity contribution is 6.03. The van der Waals surface area contributed by atoms with Crippen LogP contribution in [0.1, 0.15) is 16.8 Å². The van der Waals surface area contributed by atoms with Crippen LogP contribution < -0.4 is 5.32 Å². The number of aliphatic hydroxyl groups is 1. The summed E-state index contributed by atoms with van der Waals surface area (Å²) in [5.41, 5.74) is -3.42. The van der Waals surface area contributed by atoms with Gasteiger partial charge in [0.05, 0.1) is 6.61 Å². The van der Waals surface area contributed by atoms with Crippen molar-refractivity contribution in [2.24, 2.45) is 0 Å². The molecule has 1 heterocycles. The van der Waals surface area contributed by atoms with E-state index < -0.39 is 36.7 Å². The molecule has 0 saturated heterocycles. The van der Waals surface area contributed by atoms with Gasteiger partial charge in [0.2, 0.25) is 5.72 Å². The van der Waals surface area contributed by atoms with Crippen LogP contribution in [0, 0.1) is 0 Å². The Morgan fingerprint density at radius 3 is 2.56 bits per heavy atom. The van der Waals surface area contributed by atoms with E-state index in [1.54, 1.807) is 18.2 Å². The molecule has 0 aromatic heterocycles. The van der Waals surface area contributed by atoms with Gasteiger partial charge in [-0.15, -0.1) is 0 Å². The largest absolute Gasteiger partial charge is 0.437 e. The number of carbonyl (C=O) groups excluding carboxylic acids is 2. The molecular weight excluding hydrogens is 341 g/mol. The van der Waals surface area contributed by atoms with E-state index in [1.807, 2.05) is 0 Å². The molecule has 1 aliphatic heterocycles. The summed E-state index contributed by atoms with van der Waals surface area (Å²) >= 11 is 0. The van der Waals surface area contributed by atoms with Gasteiger partial charge in [-0.25, -0.2) is 0 Å². The van der Waals surface area contributed by atoms with Crippen molar-refractivity contribution in [3.05, 3.63) is 47.7 Å². The van der Waals surface area contributed by atoms with E-state index in [0.717, 1.165) is 6.08 Å². The van der Waals surface area contributed by atoms with Gasteiger partial charge in [-0.1, -0.05) is 18.2 Å². The van der Waals surface area contributed by atoms with E-state index in [-0.39, 0.29) is 22.8 Å². The summed E-state index contributed by atoms with van der Waals surface area (Å²) in [4.78, 5) is 24.8. The zero-order valence-electron chi connectivity index (χ0n) is 13.3. The average molecular weight is 358 g/mol. The van der Waals surface area contributed by atoms with Crippen molar-refractivity contribution in [3.8, 4) is 0 Å². The minimum absolute atomic E-state index is 0.204. The summed E-state index contributed by atoms with van der Waals surface area (Å²) in [6, 6.07) is 7.91. The number of nitrogens with one attached hydrogen (secondary N) is 1. The Kier molecular flexibility index (Phi) is 5.48. The molecule has 0 bridgehead atoms. The highest BCUT2D eigenvalue weighted by Gasteiger charge is 2.60. The number of methoxy groups -OCH3 is 1. The number of nitrogens with zero attached hydrogens (tertiary/aromatic N) is 1. The lowest BCUT2D eigenvalue weighted by atomic mass is 10.00. The van der Waals surface area contributed by atoms with E-state index in [4.69, 9.17) is 4.74 Å². The first kappa shape index (κ1) is 18.9. The molecule has 25 heavy (non-hydrogen) atoms. The normalized spacial score (nSPS) is 21.1. The highest BCUT2D eigenvalue weighted by atomic mass is 19.4. The molecule has 0 saturated carbocycles. The standard InChI is InChI=1S/C16H17F3N2O4/c1-25-10-9-21-14(23)12(7-8-15(21,24)16(17,18)19)20-13(22)11-5-3-2-4-6-11/h2-7,24H,8-10H2,1H3,(H,20,22)/t15-/m1/s1. The fourth-order valence-corrected chi connectivity index (χ4v) is 2.38. The molecular formula is C16H17F3N2O4. The van der Waals surface area contributed by atoms with Gasteiger partial charge in [0, 0.05) is 25.6 Å². The second-order valence-electron chi connectivity index (χ2n) is 5.41. The first-order chi connectivity index (χ1) is 11.7. The molecule has 1 aromatic rings. The summed E-state index contributed by atoms with van der Waals surface area (Å²) in [5, 5.41) is 12.3. The SMILES string of the molecule is COCCN1C(=O)C(NC(=O)c2ccccc2)=CC[C@@]1(O)C(F)(F)F. The quantitative estimate of drug-likeness (QED) is 0.835. The molecule has 0 aliphatic carbocycles. The smallest absolute Gasteiger partial charge is 0.383 e. The second kappa shape index (κ2) is 7.24. The Bertz CT molecular complexity index is 676. The van der Waals surface area contributed by atoms with Crippen molar-refractivity contribution in [1.82, 2.24) is 10.2 Å². The Hall–Kier alpha value is -2.39. The molecule has 0 unspecified atom stereocenters. The summed E-state index contributed by atoms with van der Waals surface area (Å²) in [6.07, 6.45) is -5.07. The van der Waals surface area contributed by atoms with Crippen molar-refractivity contribution in [1.29, 1.82) is 0 Å². The third kappa shape index (κ3) is 3.83. The highest BCUT2D eigenvalue weighted by Crippen LogP contribution is 2.39. The van der Waals surface area contributed by atoms with E-state index in [9.17, 15) is 27.9 Å². The lowest BCUT2D eigenvalue weighted by Crippen LogP contribution is -2.64. The third-order valence-corrected chi connectivity index (χ3v) is 3.77.